The Balaban J connectivity index is 1.57. The van der Waals surface area contributed by atoms with Crippen molar-refractivity contribution in [1.29, 1.82) is 0 Å². The first-order valence-corrected chi connectivity index (χ1v) is 10.9. The molecule has 1 saturated heterocycles. The fourth-order valence-electron chi connectivity index (χ4n) is 4.74. The van der Waals surface area contributed by atoms with Gasteiger partial charge in [0.15, 0.2) is 5.11 Å². The number of hydrogen-bond acceptors (Lipinski definition) is 5. The molecule has 0 amide bonds. The zero-order valence-electron chi connectivity index (χ0n) is 16.8. The third-order valence-electron chi connectivity index (χ3n) is 6.14. The standard InChI is InChI=1S/C23H22N4O3S/c28-27(29)18-11-4-3-9-16(18)19-12-13-20(30-19)22-21(17-10-5-6-14-24-17)25-23(31)26(22)15-7-1-2-8-15/h3-6,9-15,21-22H,1-2,7-8H2,(H,25,31). The number of benzene rings is 1. The maximum Gasteiger partial charge on any atom is 0.280 e. The Bertz CT molecular complexity index is 1110. The minimum Gasteiger partial charge on any atom is -0.459 e. The number of furan rings is 1. The van der Waals surface area contributed by atoms with Gasteiger partial charge in [-0.3, -0.25) is 15.1 Å². The van der Waals surface area contributed by atoms with Crippen molar-refractivity contribution in [2.75, 3.05) is 0 Å². The van der Waals surface area contributed by atoms with E-state index in [1.807, 2.05) is 24.3 Å². The number of pyridine rings is 1. The molecular weight excluding hydrogens is 412 g/mol. The lowest BCUT2D eigenvalue weighted by Gasteiger charge is -2.31. The molecule has 0 spiro atoms. The molecule has 5 rings (SSSR count). The third-order valence-corrected chi connectivity index (χ3v) is 6.47. The summed E-state index contributed by atoms with van der Waals surface area (Å²) in [5.74, 6) is 1.20. The Morgan fingerprint density at radius 3 is 2.61 bits per heavy atom. The van der Waals surface area contributed by atoms with Gasteiger partial charge in [0.05, 0.1) is 22.2 Å². The summed E-state index contributed by atoms with van der Waals surface area (Å²) in [6.07, 6.45) is 6.32. The number of hydrogen-bond donors (Lipinski definition) is 1. The van der Waals surface area contributed by atoms with Gasteiger partial charge in [-0.1, -0.05) is 31.0 Å². The minimum atomic E-state index is -0.384. The number of nitrogens with one attached hydrogen (secondary N) is 1. The molecule has 2 atom stereocenters. The van der Waals surface area contributed by atoms with E-state index in [1.165, 1.54) is 18.9 Å². The van der Waals surface area contributed by atoms with Gasteiger partial charge in [0.25, 0.3) is 5.69 Å². The first-order valence-electron chi connectivity index (χ1n) is 10.5. The van der Waals surface area contributed by atoms with Crippen LogP contribution in [0, 0.1) is 10.1 Å². The monoisotopic (exact) mass is 434 g/mol. The van der Waals surface area contributed by atoms with Crippen molar-refractivity contribution in [3.63, 3.8) is 0 Å². The Morgan fingerprint density at radius 1 is 1.10 bits per heavy atom. The van der Waals surface area contributed by atoms with Gasteiger partial charge < -0.3 is 14.6 Å². The molecule has 1 saturated carbocycles. The number of aromatic nitrogens is 1. The second kappa shape index (κ2) is 8.11. The van der Waals surface area contributed by atoms with Crippen molar-refractivity contribution >= 4 is 23.0 Å². The Hall–Kier alpha value is -3.26. The summed E-state index contributed by atoms with van der Waals surface area (Å²) in [6.45, 7) is 0. The predicted octanol–water partition coefficient (Wildman–Crippen LogP) is 5.16. The molecule has 2 aromatic heterocycles. The van der Waals surface area contributed by atoms with E-state index in [0.29, 0.717) is 22.5 Å². The van der Waals surface area contributed by atoms with E-state index in [2.05, 4.69) is 15.2 Å². The molecule has 0 radical (unpaired) electrons. The SMILES string of the molecule is O=[N+]([O-])c1ccccc1-c1ccc(C2C(c3ccccn3)NC(=S)N2C2CCCC2)o1. The van der Waals surface area contributed by atoms with Gasteiger partial charge in [0.2, 0.25) is 0 Å². The highest BCUT2D eigenvalue weighted by Gasteiger charge is 2.45. The lowest BCUT2D eigenvalue weighted by atomic mass is 10.0. The zero-order chi connectivity index (χ0) is 21.4. The van der Waals surface area contributed by atoms with E-state index in [9.17, 15) is 10.1 Å². The van der Waals surface area contributed by atoms with Crippen molar-refractivity contribution in [2.24, 2.45) is 0 Å². The minimum absolute atomic E-state index is 0.0254. The molecule has 2 unspecified atom stereocenters. The van der Waals surface area contributed by atoms with Gasteiger partial charge in [-0.2, -0.15) is 0 Å². The summed E-state index contributed by atoms with van der Waals surface area (Å²) in [5.41, 5.74) is 1.38. The average Bonchev–Trinajstić information content (AvgIpc) is 3.54. The maximum atomic E-state index is 11.5. The summed E-state index contributed by atoms with van der Waals surface area (Å²) >= 11 is 5.74. The van der Waals surface area contributed by atoms with Crippen molar-refractivity contribution in [3.8, 4) is 11.3 Å². The first kappa shape index (κ1) is 19.7. The van der Waals surface area contributed by atoms with Crippen LogP contribution in [0.5, 0.6) is 0 Å². The van der Waals surface area contributed by atoms with Gasteiger partial charge in [-0.15, -0.1) is 0 Å². The summed E-state index contributed by atoms with van der Waals surface area (Å²) in [5, 5.41) is 15.6. The second-order valence-corrected chi connectivity index (χ2v) is 8.34. The van der Waals surface area contributed by atoms with E-state index in [-0.39, 0.29) is 22.7 Å². The van der Waals surface area contributed by atoms with Crippen LogP contribution in [0.3, 0.4) is 0 Å². The van der Waals surface area contributed by atoms with E-state index >= 15 is 0 Å². The lowest BCUT2D eigenvalue weighted by molar-refractivity contribution is -0.384. The van der Waals surface area contributed by atoms with Crippen LogP contribution in [-0.4, -0.2) is 26.0 Å². The van der Waals surface area contributed by atoms with Gasteiger partial charge in [-0.05, 0) is 55.4 Å². The van der Waals surface area contributed by atoms with Crippen molar-refractivity contribution < 1.29 is 9.34 Å². The predicted molar refractivity (Wildman–Crippen MR) is 120 cm³/mol. The molecule has 158 valence electrons. The first-order chi connectivity index (χ1) is 15.1. The Morgan fingerprint density at radius 2 is 1.87 bits per heavy atom. The van der Waals surface area contributed by atoms with Crippen LogP contribution in [0.4, 0.5) is 5.69 Å². The van der Waals surface area contributed by atoms with Crippen LogP contribution < -0.4 is 5.32 Å². The maximum absolute atomic E-state index is 11.5. The van der Waals surface area contributed by atoms with Crippen LogP contribution in [0.15, 0.2) is 65.2 Å². The molecule has 0 bridgehead atoms. The largest absolute Gasteiger partial charge is 0.459 e. The van der Waals surface area contributed by atoms with Crippen LogP contribution in [0.1, 0.15) is 49.2 Å². The lowest BCUT2D eigenvalue weighted by Crippen LogP contribution is -2.37. The highest BCUT2D eigenvalue weighted by atomic mass is 32.1. The molecule has 2 aliphatic rings. The Kier molecular flexibility index (Phi) is 5.15. The molecule has 1 aromatic carbocycles. The highest BCUT2D eigenvalue weighted by Crippen LogP contribution is 2.44. The van der Waals surface area contributed by atoms with Crippen molar-refractivity contribution in [2.45, 2.75) is 43.8 Å². The van der Waals surface area contributed by atoms with E-state index < -0.39 is 0 Å². The van der Waals surface area contributed by atoms with Crippen molar-refractivity contribution in [1.82, 2.24) is 15.2 Å². The number of nitrogens with zero attached hydrogens (tertiary/aromatic N) is 3. The third kappa shape index (κ3) is 3.57. The Labute approximate surface area is 185 Å². The van der Waals surface area contributed by atoms with E-state index in [4.69, 9.17) is 16.6 Å². The molecule has 8 heteroatoms. The molecule has 31 heavy (non-hydrogen) atoms. The number of nitro groups is 1. The van der Waals surface area contributed by atoms with Gasteiger partial charge >= 0.3 is 0 Å². The van der Waals surface area contributed by atoms with Gasteiger partial charge in [-0.25, -0.2) is 0 Å². The fraction of sp³-hybridized carbons (Fsp3) is 0.304. The van der Waals surface area contributed by atoms with E-state index in [0.717, 1.165) is 24.3 Å². The highest BCUT2D eigenvalue weighted by molar-refractivity contribution is 7.80. The molecule has 1 aliphatic carbocycles. The van der Waals surface area contributed by atoms with Crippen molar-refractivity contribution in [3.05, 3.63) is 82.4 Å². The summed E-state index contributed by atoms with van der Waals surface area (Å²) in [7, 11) is 0. The topological polar surface area (TPSA) is 84.4 Å². The fourth-order valence-corrected chi connectivity index (χ4v) is 5.13. The normalized spacial score (nSPS) is 21.4. The van der Waals surface area contributed by atoms with E-state index in [1.54, 1.807) is 30.5 Å². The van der Waals surface area contributed by atoms with Crippen LogP contribution >= 0.6 is 12.2 Å². The molecule has 2 fully saturated rings. The summed E-state index contributed by atoms with van der Waals surface area (Å²) in [6, 6.07) is 16.2. The summed E-state index contributed by atoms with van der Waals surface area (Å²) < 4.78 is 6.26. The second-order valence-electron chi connectivity index (χ2n) is 7.95. The smallest absolute Gasteiger partial charge is 0.280 e. The average molecular weight is 435 g/mol. The number of para-hydroxylation sites is 1. The quantitative estimate of drug-likeness (QED) is 0.337. The molecule has 3 aromatic rings. The van der Waals surface area contributed by atoms with Crippen LogP contribution in [0.25, 0.3) is 11.3 Å². The molecule has 3 heterocycles. The van der Waals surface area contributed by atoms with Crippen LogP contribution in [0.2, 0.25) is 0 Å². The van der Waals surface area contributed by atoms with Crippen LogP contribution in [-0.2, 0) is 0 Å². The number of nitro benzene ring substituents is 1. The number of thiocarbonyl (C=S) groups is 1. The van der Waals surface area contributed by atoms with Gasteiger partial charge in [0.1, 0.15) is 17.6 Å². The van der Waals surface area contributed by atoms with Gasteiger partial charge in [0, 0.05) is 18.3 Å². The molecule has 1 aliphatic heterocycles. The number of rotatable bonds is 5. The summed E-state index contributed by atoms with van der Waals surface area (Å²) in [4.78, 5) is 17.9. The zero-order valence-corrected chi connectivity index (χ0v) is 17.6. The molecule has 7 nitrogen and oxygen atoms in total. The molecule has 1 N–H and O–H groups in total. The molecular formula is C23H22N4O3S.